The second-order valence-electron chi connectivity index (χ2n) is 5.49. The monoisotopic (exact) mass is 195 g/mol. The molecule has 1 heterocycles. The molecule has 14 heavy (non-hydrogen) atoms. The molecule has 0 aromatic carbocycles. The van der Waals surface area contributed by atoms with Gasteiger partial charge in [-0.1, -0.05) is 25.7 Å². The molecule has 0 spiro atoms. The molecule has 2 heteroatoms. The summed E-state index contributed by atoms with van der Waals surface area (Å²) in [5.74, 6) is 3.45. The molecule has 0 aromatic rings. The Balaban J connectivity index is 1.49. The van der Waals surface area contributed by atoms with Crippen LogP contribution in [0.15, 0.2) is 0 Å². The summed E-state index contributed by atoms with van der Waals surface area (Å²) in [7, 11) is 0. The van der Waals surface area contributed by atoms with Crippen LogP contribution in [0.1, 0.15) is 32.1 Å². The minimum atomic E-state index is 0.483. The summed E-state index contributed by atoms with van der Waals surface area (Å²) < 4.78 is 5.40. The van der Waals surface area contributed by atoms with E-state index in [1.54, 1.807) is 0 Å². The highest BCUT2D eigenvalue weighted by atomic mass is 16.5. The van der Waals surface area contributed by atoms with Crippen LogP contribution in [0.25, 0.3) is 0 Å². The van der Waals surface area contributed by atoms with E-state index in [2.05, 4.69) is 0 Å². The lowest BCUT2D eigenvalue weighted by atomic mass is 9.95. The molecule has 3 rings (SSSR count). The van der Waals surface area contributed by atoms with Crippen molar-refractivity contribution in [3.63, 3.8) is 0 Å². The summed E-state index contributed by atoms with van der Waals surface area (Å²) in [4.78, 5) is 0. The molecule has 1 aliphatic heterocycles. The van der Waals surface area contributed by atoms with Gasteiger partial charge in [-0.15, -0.1) is 0 Å². The molecular formula is C12H21NO. The molecule has 3 atom stereocenters. The lowest BCUT2D eigenvalue weighted by Crippen LogP contribution is -2.28. The third-order valence-corrected chi connectivity index (χ3v) is 4.59. The van der Waals surface area contributed by atoms with Crippen LogP contribution in [-0.4, -0.2) is 19.3 Å². The molecule has 0 radical (unpaired) electrons. The fraction of sp³-hybridized carbons (Fsp3) is 1.00. The van der Waals surface area contributed by atoms with Gasteiger partial charge in [0.05, 0.1) is 13.2 Å². The van der Waals surface area contributed by atoms with E-state index in [0.717, 1.165) is 36.9 Å². The van der Waals surface area contributed by atoms with Crippen molar-refractivity contribution in [2.45, 2.75) is 38.1 Å². The Morgan fingerprint density at radius 2 is 1.79 bits per heavy atom. The Morgan fingerprint density at radius 1 is 1.14 bits per heavy atom. The number of hydrogen-bond donors (Lipinski definition) is 1. The van der Waals surface area contributed by atoms with Crippen LogP contribution in [0, 0.1) is 23.7 Å². The highest BCUT2D eigenvalue weighted by Gasteiger charge is 2.56. The van der Waals surface area contributed by atoms with E-state index in [4.69, 9.17) is 10.5 Å². The second kappa shape index (κ2) is 3.49. The van der Waals surface area contributed by atoms with Crippen LogP contribution in [-0.2, 0) is 4.74 Å². The maximum absolute atomic E-state index is 6.29. The summed E-state index contributed by atoms with van der Waals surface area (Å²) in [6, 6.07) is 0.483. The van der Waals surface area contributed by atoms with Crippen molar-refractivity contribution in [3.8, 4) is 0 Å². The van der Waals surface area contributed by atoms with Gasteiger partial charge >= 0.3 is 0 Å². The van der Waals surface area contributed by atoms with Crippen molar-refractivity contribution in [1.29, 1.82) is 0 Å². The standard InChI is InChI=1S/C12H21NO/c13-11(5-8-3-1-2-4-8)12-9-6-14-7-10(9)12/h8-12H,1-7,13H2. The van der Waals surface area contributed by atoms with Crippen molar-refractivity contribution < 1.29 is 4.74 Å². The predicted molar refractivity (Wildman–Crippen MR) is 55.8 cm³/mol. The van der Waals surface area contributed by atoms with Gasteiger partial charge in [0.25, 0.3) is 0 Å². The van der Waals surface area contributed by atoms with E-state index >= 15 is 0 Å². The summed E-state index contributed by atoms with van der Waals surface area (Å²) in [5, 5.41) is 0. The van der Waals surface area contributed by atoms with E-state index in [0.29, 0.717) is 6.04 Å². The van der Waals surface area contributed by atoms with E-state index < -0.39 is 0 Å². The first-order chi connectivity index (χ1) is 6.86. The van der Waals surface area contributed by atoms with Crippen molar-refractivity contribution >= 4 is 0 Å². The zero-order valence-electron chi connectivity index (χ0n) is 8.82. The summed E-state index contributed by atoms with van der Waals surface area (Å²) >= 11 is 0. The Labute approximate surface area is 86.2 Å². The lowest BCUT2D eigenvalue weighted by molar-refractivity contribution is 0.144. The maximum Gasteiger partial charge on any atom is 0.0501 e. The smallest absolute Gasteiger partial charge is 0.0501 e. The Bertz CT molecular complexity index is 202. The third kappa shape index (κ3) is 1.49. The summed E-state index contributed by atoms with van der Waals surface area (Å²) in [5.41, 5.74) is 6.29. The predicted octanol–water partition coefficient (Wildman–Crippen LogP) is 1.79. The fourth-order valence-corrected chi connectivity index (χ4v) is 3.71. The van der Waals surface area contributed by atoms with E-state index in [1.165, 1.54) is 32.1 Å². The topological polar surface area (TPSA) is 35.2 Å². The number of ether oxygens (including phenoxy) is 1. The van der Waals surface area contributed by atoms with E-state index in [1.807, 2.05) is 0 Å². The molecule has 0 aromatic heterocycles. The molecule has 2 N–H and O–H groups in total. The number of nitrogens with two attached hydrogens (primary N) is 1. The second-order valence-corrected chi connectivity index (χ2v) is 5.49. The molecular weight excluding hydrogens is 174 g/mol. The summed E-state index contributed by atoms with van der Waals surface area (Å²) in [6.07, 6.45) is 7.05. The maximum atomic E-state index is 6.29. The molecule has 0 amide bonds. The van der Waals surface area contributed by atoms with Gasteiger partial charge in [-0.25, -0.2) is 0 Å². The van der Waals surface area contributed by atoms with Gasteiger partial charge in [0.2, 0.25) is 0 Å². The Kier molecular flexibility index (Phi) is 2.29. The highest BCUT2D eigenvalue weighted by Crippen LogP contribution is 2.53. The molecule has 3 fully saturated rings. The minimum Gasteiger partial charge on any atom is -0.381 e. The average molecular weight is 195 g/mol. The number of rotatable bonds is 3. The van der Waals surface area contributed by atoms with Crippen molar-refractivity contribution in [2.75, 3.05) is 13.2 Å². The van der Waals surface area contributed by atoms with Crippen LogP contribution < -0.4 is 5.73 Å². The van der Waals surface area contributed by atoms with Gasteiger partial charge in [0.15, 0.2) is 0 Å². The molecule has 80 valence electrons. The van der Waals surface area contributed by atoms with Gasteiger partial charge in [-0.05, 0) is 30.1 Å². The van der Waals surface area contributed by atoms with Gasteiger partial charge in [-0.2, -0.15) is 0 Å². The van der Waals surface area contributed by atoms with Crippen molar-refractivity contribution in [2.24, 2.45) is 29.4 Å². The number of fused-ring (bicyclic) bond motifs is 1. The van der Waals surface area contributed by atoms with Gasteiger partial charge in [0, 0.05) is 6.04 Å². The van der Waals surface area contributed by atoms with Crippen LogP contribution in [0.4, 0.5) is 0 Å². The van der Waals surface area contributed by atoms with Crippen LogP contribution in [0.3, 0.4) is 0 Å². The molecule has 3 unspecified atom stereocenters. The first-order valence-electron chi connectivity index (χ1n) is 6.19. The van der Waals surface area contributed by atoms with Gasteiger partial charge in [-0.3, -0.25) is 0 Å². The normalized spacial score (nSPS) is 43.9. The van der Waals surface area contributed by atoms with Gasteiger partial charge in [0.1, 0.15) is 0 Å². The molecule has 2 saturated carbocycles. The van der Waals surface area contributed by atoms with E-state index in [-0.39, 0.29) is 0 Å². The van der Waals surface area contributed by atoms with Crippen LogP contribution in [0.2, 0.25) is 0 Å². The zero-order valence-corrected chi connectivity index (χ0v) is 8.82. The molecule has 1 saturated heterocycles. The molecule has 0 bridgehead atoms. The van der Waals surface area contributed by atoms with Crippen molar-refractivity contribution in [1.82, 2.24) is 0 Å². The van der Waals surface area contributed by atoms with Crippen molar-refractivity contribution in [3.05, 3.63) is 0 Å². The van der Waals surface area contributed by atoms with Crippen LogP contribution in [0.5, 0.6) is 0 Å². The van der Waals surface area contributed by atoms with Crippen LogP contribution >= 0.6 is 0 Å². The average Bonchev–Trinajstić information content (AvgIpc) is 2.63. The Morgan fingerprint density at radius 3 is 2.43 bits per heavy atom. The zero-order chi connectivity index (χ0) is 9.54. The number of hydrogen-bond acceptors (Lipinski definition) is 2. The third-order valence-electron chi connectivity index (χ3n) is 4.59. The quantitative estimate of drug-likeness (QED) is 0.745. The highest BCUT2D eigenvalue weighted by molar-refractivity contribution is 5.05. The minimum absolute atomic E-state index is 0.483. The van der Waals surface area contributed by atoms with Gasteiger partial charge < -0.3 is 10.5 Å². The van der Waals surface area contributed by atoms with E-state index in [9.17, 15) is 0 Å². The molecule has 3 aliphatic rings. The fourth-order valence-electron chi connectivity index (χ4n) is 3.71. The molecule has 2 nitrogen and oxygen atoms in total. The molecule has 2 aliphatic carbocycles. The summed E-state index contributed by atoms with van der Waals surface area (Å²) in [6.45, 7) is 1.99. The first kappa shape index (κ1) is 9.17. The lowest BCUT2D eigenvalue weighted by Gasteiger charge is -2.17. The first-order valence-corrected chi connectivity index (χ1v) is 6.19. The Hall–Kier alpha value is -0.0800. The SMILES string of the molecule is NC(CC1CCCC1)C1C2COCC21. The largest absolute Gasteiger partial charge is 0.381 e.